The molecule has 0 aromatic carbocycles. The van der Waals surface area contributed by atoms with Crippen LogP contribution in [-0.2, 0) is 9.47 Å². The quantitative estimate of drug-likeness (QED) is 0.700. The molecular weight excluding hydrogens is 214 g/mol. The standard InChI is InChI=1S/C14H23NO2/c1-14(2)16-12-8-6-7-11(13(12)17-14)15-9-4-3-5-10-15/h7,12-13H,3-6,8-10H2,1-2H3/t12-,13+/m0/s1. The van der Waals surface area contributed by atoms with E-state index < -0.39 is 5.79 Å². The van der Waals surface area contributed by atoms with E-state index in [2.05, 4.69) is 11.0 Å². The Hall–Kier alpha value is -0.540. The fraction of sp³-hybridized carbons (Fsp3) is 0.857. The van der Waals surface area contributed by atoms with Crippen molar-refractivity contribution in [3.05, 3.63) is 11.8 Å². The van der Waals surface area contributed by atoms with Crippen molar-refractivity contribution in [1.82, 2.24) is 4.90 Å². The number of hydrogen-bond acceptors (Lipinski definition) is 3. The molecule has 3 heteroatoms. The Balaban J connectivity index is 1.77. The van der Waals surface area contributed by atoms with Crippen LogP contribution in [0.4, 0.5) is 0 Å². The second kappa shape index (κ2) is 4.29. The minimum Gasteiger partial charge on any atom is -0.373 e. The molecule has 0 bridgehead atoms. The average Bonchev–Trinajstić information content (AvgIpc) is 2.63. The van der Waals surface area contributed by atoms with Crippen LogP contribution in [0, 0.1) is 0 Å². The van der Waals surface area contributed by atoms with Crippen molar-refractivity contribution in [1.29, 1.82) is 0 Å². The van der Waals surface area contributed by atoms with Gasteiger partial charge in [-0.1, -0.05) is 6.08 Å². The van der Waals surface area contributed by atoms with Gasteiger partial charge in [-0.2, -0.15) is 0 Å². The Labute approximate surface area is 104 Å². The molecule has 0 aromatic rings. The highest BCUT2D eigenvalue weighted by Gasteiger charge is 2.45. The van der Waals surface area contributed by atoms with Crippen molar-refractivity contribution in [3.8, 4) is 0 Å². The average molecular weight is 237 g/mol. The molecule has 2 atom stereocenters. The predicted molar refractivity (Wildman–Crippen MR) is 66.6 cm³/mol. The minimum atomic E-state index is -0.408. The lowest BCUT2D eigenvalue weighted by Crippen LogP contribution is -2.40. The summed E-state index contributed by atoms with van der Waals surface area (Å²) >= 11 is 0. The largest absolute Gasteiger partial charge is 0.373 e. The van der Waals surface area contributed by atoms with Gasteiger partial charge in [-0.05, 0) is 46.0 Å². The van der Waals surface area contributed by atoms with Crippen molar-refractivity contribution in [3.63, 3.8) is 0 Å². The summed E-state index contributed by atoms with van der Waals surface area (Å²) in [5.74, 6) is -0.408. The zero-order valence-corrected chi connectivity index (χ0v) is 10.9. The number of hydrogen-bond donors (Lipinski definition) is 0. The van der Waals surface area contributed by atoms with Crippen molar-refractivity contribution in [2.24, 2.45) is 0 Å². The SMILES string of the molecule is CC1(C)O[C@H]2CCC=C(N3CCCCC3)[C@H]2O1. The summed E-state index contributed by atoms with van der Waals surface area (Å²) in [6, 6.07) is 0. The molecule has 0 radical (unpaired) electrons. The van der Waals surface area contributed by atoms with E-state index in [1.54, 1.807) is 0 Å². The molecule has 0 N–H and O–H groups in total. The number of likely N-dealkylation sites (tertiary alicyclic amines) is 1. The highest BCUT2D eigenvalue weighted by atomic mass is 16.8. The second-order valence-electron chi connectivity index (χ2n) is 5.85. The fourth-order valence-electron chi connectivity index (χ4n) is 3.27. The summed E-state index contributed by atoms with van der Waals surface area (Å²) in [7, 11) is 0. The van der Waals surface area contributed by atoms with Gasteiger partial charge in [0, 0.05) is 18.8 Å². The molecule has 0 aromatic heterocycles. The summed E-state index contributed by atoms with van der Waals surface area (Å²) in [6.45, 7) is 6.44. The Morgan fingerprint density at radius 1 is 1.18 bits per heavy atom. The number of allylic oxidation sites excluding steroid dienone is 1. The predicted octanol–water partition coefficient (Wildman–Crippen LogP) is 2.67. The number of piperidine rings is 1. The summed E-state index contributed by atoms with van der Waals surface area (Å²) in [5.41, 5.74) is 1.39. The molecule has 2 aliphatic heterocycles. The number of ether oxygens (including phenoxy) is 2. The molecular formula is C14H23NO2. The van der Waals surface area contributed by atoms with Crippen LogP contribution in [0.1, 0.15) is 46.0 Å². The third kappa shape index (κ3) is 2.23. The number of nitrogens with zero attached hydrogens (tertiary/aromatic N) is 1. The molecule has 0 amide bonds. The molecule has 3 rings (SSSR count). The van der Waals surface area contributed by atoms with E-state index in [1.807, 2.05) is 13.8 Å². The third-order valence-corrected chi connectivity index (χ3v) is 4.00. The number of rotatable bonds is 1. The van der Waals surface area contributed by atoms with Crippen LogP contribution in [0.3, 0.4) is 0 Å². The van der Waals surface area contributed by atoms with E-state index in [0.717, 1.165) is 12.8 Å². The van der Waals surface area contributed by atoms with E-state index in [1.165, 1.54) is 38.0 Å². The van der Waals surface area contributed by atoms with E-state index in [-0.39, 0.29) is 12.2 Å². The van der Waals surface area contributed by atoms with Crippen LogP contribution in [0.15, 0.2) is 11.8 Å². The Morgan fingerprint density at radius 2 is 1.94 bits per heavy atom. The van der Waals surface area contributed by atoms with Gasteiger partial charge < -0.3 is 14.4 Å². The monoisotopic (exact) mass is 237 g/mol. The van der Waals surface area contributed by atoms with E-state index in [9.17, 15) is 0 Å². The van der Waals surface area contributed by atoms with E-state index >= 15 is 0 Å². The molecule has 1 aliphatic carbocycles. The van der Waals surface area contributed by atoms with Gasteiger partial charge in [-0.15, -0.1) is 0 Å². The molecule has 3 aliphatic rings. The smallest absolute Gasteiger partial charge is 0.164 e. The second-order valence-corrected chi connectivity index (χ2v) is 5.85. The zero-order valence-electron chi connectivity index (χ0n) is 10.9. The van der Waals surface area contributed by atoms with E-state index in [4.69, 9.17) is 9.47 Å². The topological polar surface area (TPSA) is 21.7 Å². The van der Waals surface area contributed by atoms with Crippen molar-refractivity contribution < 1.29 is 9.47 Å². The molecule has 0 saturated carbocycles. The van der Waals surface area contributed by atoms with Crippen molar-refractivity contribution >= 4 is 0 Å². The molecule has 0 unspecified atom stereocenters. The van der Waals surface area contributed by atoms with Crippen LogP contribution in [0.2, 0.25) is 0 Å². The highest BCUT2D eigenvalue weighted by molar-refractivity contribution is 5.16. The van der Waals surface area contributed by atoms with Crippen LogP contribution in [-0.4, -0.2) is 36.0 Å². The molecule has 2 saturated heterocycles. The summed E-state index contributed by atoms with van der Waals surface area (Å²) in [5, 5.41) is 0. The molecule has 0 spiro atoms. The van der Waals surface area contributed by atoms with Crippen LogP contribution in [0.25, 0.3) is 0 Å². The van der Waals surface area contributed by atoms with Gasteiger partial charge in [0.2, 0.25) is 0 Å². The lowest BCUT2D eigenvalue weighted by Gasteiger charge is -2.36. The Kier molecular flexibility index (Phi) is 2.91. The van der Waals surface area contributed by atoms with Crippen molar-refractivity contribution in [2.45, 2.75) is 63.9 Å². The maximum Gasteiger partial charge on any atom is 0.164 e. The first-order valence-electron chi connectivity index (χ1n) is 6.96. The highest BCUT2D eigenvalue weighted by Crippen LogP contribution is 2.38. The maximum atomic E-state index is 6.09. The molecule has 3 nitrogen and oxygen atoms in total. The van der Waals surface area contributed by atoms with Gasteiger partial charge >= 0.3 is 0 Å². The third-order valence-electron chi connectivity index (χ3n) is 4.00. The van der Waals surface area contributed by atoms with Gasteiger partial charge in [0.25, 0.3) is 0 Å². The molecule has 2 heterocycles. The Bertz CT molecular complexity index is 318. The summed E-state index contributed by atoms with van der Waals surface area (Å²) < 4.78 is 12.1. The van der Waals surface area contributed by atoms with Gasteiger partial charge in [-0.25, -0.2) is 0 Å². The lowest BCUT2D eigenvalue weighted by atomic mass is 9.96. The minimum absolute atomic E-state index is 0.178. The first kappa shape index (κ1) is 11.5. The first-order valence-corrected chi connectivity index (χ1v) is 6.96. The van der Waals surface area contributed by atoms with Crippen LogP contribution >= 0.6 is 0 Å². The molecule has 17 heavy (non-hydrogen) atoms. The number of fused-ring (bicyclic) bond motifs is 1. The van der Waals surface area contributed by atoms with Crippen LogP contribution < -0.4 is 0 Å². The van der Waals surface area contributed by atoms with E-state index in [0.29, 0.717) is 0 Å². The fourth-order valence-corrected chi connectivity index (χ4v) is 3.27. The van der Waals surface area contributed by atoms with Crippen molar-refractivity contribution in [2.75, 3.05) is 13.1 Å². The Morgan fingerprint density at radius 3 is 2.71 bits per heavy atom. The first-order chi connectivity index (χ1) is 8.16. The summed E-state index contributed by atoms with van der Waals surface area (Å²) in [4.78, 5) is 2.52. The molecule has 96 valence electrons. The normalized spacial score (nSPS) is 36.6. The molecule has 2 fully saturated rings. The maximum absolute atomic E-state index is 6.09. The summed E-state index contributed by atoms with van der Waals surface area (Å²) in [6.07, 6.45) is 9.07. The van der Waals surface area contributed by atoms with Crippen LogP contribution in [0.5, 0.6) is 0 Å². The lowest BCUT2D eigenvalue weighted by molar-refractivity contribution is -0.144. The van der Waals surface area contributed by atoms with Gasteiger partial charge in [-0.3, -0.25) is 0 Å². The van der Waals surface area contributed by atoms with Gasteiger partial charge in [0.15, 0.2) is 5.79 Å². The van der Waals surface area contributed by atoms with Gasteiger partial charge in [0.05, 0.1) is 6.10 Å². The van der Waals surface area contributed by atoms with Gasteiger partial charge in [0.1, 0.15) is 6.10 Å². The zero-order chi connectivity index (χ0) is 11.9.